The molecular weight excluding hydrogens is 156 g/mol. The number of pyridine rings is 1. The number of nitrogens with zero attached hydrogens (tertiary/aromatic N) is 2. The van der Waals surface area contributed by atoms with Crippen molar-refractivity contribution in [3.05, 3.63) is 34.1 Å². The third kappa shape index (κ3) is 2.02. The van der Waals surface area contributed by atoms with E-state index >= 15 is 0 Å². The highest BCUT2D eigenvalue weighted by Crippen LogP contribution is 2.09. The van der Waals surface area contributed by atoms with Gasteiger partial charge >= 0.3 is 0 Å². The Labute approximate surface area is 70.4 Å². The van der Waals surface area contributed by atoms with Gasteiger partial charge in [0, 0.05) is 11.8 Å². The molecule has 0 atom stereocenters. The number of rotatable bonds is 3. The summed E-state index contributed by atoms with van der Waals surface area (Å²) in [4.78, 5) is 13.7. The van der Waals surface area contributed by atoms with Gasteiger partial charge in [-0.2, -0.15) is 0 Å². The summed E-state index contributed by atoms with van der Waals surface area (Å²) in [6.45, 7) is 2.04. The maximum atomic E-state index is 10.2. The molecular formula is C8H10N2O2. The second-order valence-electron chi connectivity index (χ2n) is 2.51. The van der Waals surface area contributed by atoms with Gasteiger partial charge in [-0.05, 0) is 12.5 Å². The molecule has 0 N–H and O–H groups in total. The van der Waals surface area contributed by atoms with Crippen LogP contribution in [-0.4, -0.2) is 9.91 Å². The third-order valence-electron chi connectivity index (χ3n) is 1.53. The van der Waals surface area contributed by atoms with Gasteiger partial charge in [-0.25, -0.2) is 0 Å². The van der Waals surface area contributed by atoms with Crippen molar-refractivity contribution < 1.29 is 4.92 Å². The van der Waals surface area contributed by atoms with Crippen molar-refractivity contribution in [2.24, 2.45) is 0 Å². The molecule has 0 amide bonds. The Morgan fingerprint density at radius 2 is 2.33 bits per heavy atom. The minimum Gasteiger partial charge on any atom is -0.258 e. The predicted octanol–water partition coefficient (Wildman–Crippen LogP) is 1.94. The molecule has 0 unspecified atom stereocenters. The van der Waals surface area contributed by atoms with Crippen LogP contribution in [0, 0.1) is 10.1 Å². The van der Waals surface area contributed by atoms with E-state index in [9.17, 15) is 10.1 Å². The van der Waals surface area contributed by atoms with Crippen molar-refractivity contribution in [3.8, 4) is 0 Å². The molecule has 0 aliphatic carbocycles. The molecule has 1 aromatic heterocycles. The third-order valence-corrected chi connectivity index (χ3v) is 1.53. The first-order valence-electron chi connectivity index (χ1n) is 3.83. The molecule has 1 heterocycles. The Kier molecular flexibility index (Phi) is 2.74. The standard InChI is InChI=1S/C8H10N2O2/c1-2-3-7-4-5-8(6-9-7)10(11)12/h4-6H,2-3H2,1H3. The van der Waals surface area contributed by atoms with Crippen LogP contribution in [0.3, 0.4) is 0 Å². The molecule has 12 heavy (non-hydrogen) atoms. The molecule has 0 radical (unpaired) electrons. The normalized spacial score (nSPS) is 9.75. The molecule has 4 heteroatoms. The number of hydrogen-bond donors (Lipinski definition) is 0. The lowest BCUT2D eigenvalue weighted by molar-refractivity contribution is -0.385. The largest absolute Gasteiger partial charge is 0.287 e. The Balaban J connectivity index is 2.78. The molecule has 0 aliphatic rings. The number of nitro groups is 1. The molecule has 0 bridgehead atoms. The molecule has 4 nitrogen and oxygen atoms in total. The van der Waals surface area contributed by atoms with Crippen LogP contribution in [0.1, 0.15) is 19.0 Å². The van der Waals surface area contributed by atoms with Crippen LogP contribution in [0.4, 0.5) is 5.69 Å². The van der Waals surface area contributed by atoms with E-state index in [0.717, 1.165) is 18.5 Å². The van der Waals surface area contributed by atoms with E-state index in [1.807, 2.05) is 6.92 Å². The molecule has 0 spiro atoms. The summed E-state index contributed by atoms with van der Waals surface area (Å²) in [5.41, 5.74) is 0.956. The van der Waals surface area contributed by atoms with Crippen molar-refractivity contribution in [3.63, 3.8) is 0 Å². The minimum absolute atomic E-state index is 0.0508. The van der Waals surface area contributed by atoms with Crippen molar-refractivity contribution >= 4 is 5.69 Å². The molecule has 0 fully saturated rings. The second kappa shape index (κ2) is 3.80. The highest BCUT2D eigenvalue weighted by atomic mass is 16.6. The average Bonchev–Trinajstić information content (AvgIpc) is 2.06. The maximum Gasteiger partial charge on any atom is 0.287 e. The summed E-state index contributed by atoms with van der Waals surface area (Å²) in [6, 6.07) is 3.18. The van der Waals surface area contributed by atoms with Crippen molar-refractivity contribution in [1.82, 2.24) is 4.98 Å². The van der Waals surface area contributed by atoms with Crippen LogP contribution < -0.4 is 0 Å². The predicted molar refractivity (Wildman–Crippen MR) is 44.9 cm³/mol. The lowest BCUT2D eigenvalue weighted by Gasteiger charge is -1.95. The first kappa shape index (κ1) is 8.64. The first-order valence-corrected chi connectivity index (χ1v) is 3.83. The topological polar surface area (TPSA) is 56.0 Å². The number of aromatic nitrogens is 1. The SMILES string of the molecule is CCCc1ccc([N+](=O)[O-])cn1. The van der Waals surface area contributed by atoms with E-state index in [2.05, 4.69) is 4.98 Å². The zero-order valence-electron chi connectivity index (χ0n) is 6.86. The van der Waals surface area contributed by atoms with Gasteiger partial charge in [0.1, 0.15) is 6.20 Å². The summed E-state index contributed by atoms with van der Waals surface area (Å²) >= 11 is 0. The van der Waals surface area contributed by atoms with Gasteiger partial charge in [-0.1, -0.05) is 13.3 Å². The lowest BCUT2D eigenvalue weighted by atomic mass is 10.2. The van der Waals surface area contributed by atoms with Crippen LogP contribution in [0.15, 0.2) is 18.3 Å². The molecule has 0 aliphatic heterocycles. The Hall–Kier alpha value is -1.45. The van der Waals surface area contributed by atoms with Gasteiger partial charge in [0.15, 0.2) is 0 Å². The van der Waals surface area contributed by atoms with Gasteiger partial charge in [0.25, 0.3) is 5.69 Å². The summed E-state index contributed by atoms with van der Waals surface area (Å²) < 4.78 is 0. The fourth-order valence-corrected chi connectivity index (χ4v) is 0.929. The molecule has 1 aromatic rings. The highest BCUT2D eigenvalue weighted by Gasteiger charge is 2.03. The van der Waals surface area contributed by atoms with Gasteiger partial charge in [0.05, 0.1) is 4.92 Å². The number of aryl methyl sites for hydroxylation is 1. The minimum atomic E-state index is -0.442. The summed E-state index contributed by atoms with van der Waals surface area (Å²) in [5.74, 6) is 0. The van der Waals surface area contributed by atoms with Crippen molar-refractivity contribution in [2.75, 3.05) is 0 Å². The molecule has 1 rings (SSSR count). The monoisotopic (exact) mass is 166 g/mol. The van der Waals surface area contributed by atoms with E-state index in [0.29, 0.717) is 0 Å². The maximum absolute atomic E-state index is 10.2. The average molecular weight is 166 g/mol. The van der Waals surface area contributed by atoms with Crippen LogP contribution >= 0.6 is 0 Å². The van der Waals surface area contributed by atoms with Crippen LogP contribution in [0.25, 0.3) is 0 Å². The first-order chi connectivity index (χ1) is 5.74. The van der Waals surface area contributed by atoms with Gasteiger partial charge < -0.3 is 0 Å². The van der Waals surface area contributed by atoms with Crippen molar-refractivity contribution in [2.45, 2.75) is 19.8 Å². The smallest absolute Gasteiger partial charge is 0.258 e. The molecule has 0 aromatic carbocycles. The fraction of sp³-hybridized carbons (Fsp3) is 0.375. The summed E-state index contributed by atoms with van der Waals surface area (Å²) in [7, 11) is 0. The van der Waals surface area contributed by atoms with E-state index in [1.165, 1.54) is 12.3 Å². The Morgan fingerprint density at radius 3 is 2.75 bits per heavy atom. The zero-order valence-corrected chi connectivity index (χ0v) is 6.86. The van der Waals surface area contributed by atoms with Crippen LogP contribution in [-0.2, 0) is 6.42 Å². The van der Waals surface area contributed by atoms with E-state index in [1.54, 1.807) is 6.07 Å². The van der Waals surface area contributed by atoms with Gasteiger partial charge in [-0.3, -0.25) is 15.1 Å². The van der Waals surface area contributed by atoms with Crippen LogP contribution in [0.2, 0.25) is 0 Å². The van der Waals surface area contributed by atoms with Crippen molar-refractivity contribution in [1.29, 1.82) is 0 Å². The van der Waals surface area contributed by atoms with Gasteiger partial charge in [0.2, 0.25) is 0 Å². The zero-order chi connectivity index (χ0) is 8.97. The number of hydrogen-bond acceptors (Lipinski definition) is 3. The molecule has 0 saturated carbocycles. The Morgan fingerprint density at radius 1 is 1.58 bits per heavy atom. The lowest BCUT2D eigenvalue weighted by Crippen LogP contribution is -1.92. The van der Waals surface area contributed by atoms with E-state index in [4.69, 9.17) is 0 Å². The van der Waals surface area contributed by atoms with Crippen LogP contribution in [0.5, 0.6) is 0 Å². The fourth-order valence-electron chi connectivity index (χ4n) is 0.929. The quantitative estimate of drug-likeness (QED) is 0.509. The van der Waals surface area contributed by atoms with E-state index in [-0.39, 0.29) is 5.69 Å². The summed E-state index contributed by atoms with van der Waals surface area (Å²) in [6.07, 6.45) is 3.17. The highest BCUT2D eigenvalue weighted by molar-refractivity contribution is 5.26. The second-order valence-corrected chi connectivity index (χ2v) is 2.51. The molecule has 64 valence electrons. The Bertz CT molecular complexity index is 269. The van der Waals surface area contributed by atoms with E-state index < -0.39 is 4.92 Å². The summed E-state index contributed by atoms with van der Waals surface area (Å²) in [5, 5.41) is 10.2. The molecule has 0 saturated heterocycles. The van der Waals surface area contributed by atoms with Gasteiger partial charge in [-0.15, -0.1) is 0 Å².